The zero-order valence-electron chi connectivity index (χ0n) is 17.6. The van der Waals surface area contributed by atoms with E-state index in [4.69, 9.17) is 9.97 Å². The number of benzene rings is 2. The van der Waals surface area contributed by atoms with Crippen molar-refractivity contribution in [2.24, 2.45) is 5.92 Å². The Kier molecular flexibility index (Phi) is 5.75. The van der Waals surface area contributed by atoms with Gasteiger partial charge >= 0.3 is 0 Å². The highest BCUT2D eigenvalue weighted by molar-refractivity contribution is 6.06. The molecule has 0 aliphatic carbocycles. The van der Waals surface area contributed by atoms with Crippen molar-refractivity contribution >= 4 is 21.9 Å². The first kappa shape index (κ1) is 19.4. The quantitative estimate of drug-likeness (QED) is 0.338. The molecule has 3 nitrogen and oxygen atoms in total. The van der Waals surface area contributed by atoms with E-state index < -0.39 is 0 Å². The van der Waals surface area contributed by atoms with Crippen LogP contribution in [0.4, 0.5) is 0 Å². The van der Waals surface area contributed by atoms with E-state index in [1.165, 1.54) is 28.5 Å². The zero-order chi connectivity index (χ0) is 20.2. The molecule has 0 aliphatic rings. The van der Waals surface area contributed by atoms with E-state index in [1.54, 1.807) is 0 Å². The van der Waals surface area contributed by atoms with Crippen LogP contribution in [0.2, 0.25) is 0 Å². The Morgan fingerprint density at radius 1 is 1.00 bits per heavy atom. The Morgan fingerprint density at radius 2 is 1.76 bits per heavy atom. The van der Waals surface area contributed by atoms with Crippen LogP contribution in [-0.2, 0) is 13.0 Å². The predicted octanol–water partition coefficient (Wildman–Crippen LogP) is 6.56. The molecule has 148 valence electrons. The second-order valence-corrected chi connectivity index (χ2v) is 8.28. The maximum atomic E-state index is 5.03. The van der Waals surface area contributed by atoms with Gasteiger partial charge in [0.05, 0.1) is 5.52 Å². The molecule has 29 heavy (non-hydrogen) atoms. The fraction of sp³-hybridized carbons (Fsp3) is 0.308. The van der Waals surface area contributed by atoms with Crippen molar-refractivity contribution in [3.63, 3.8) is 0 Å². The van der Waals surface area contributed by atoms with Crippen LogP contribution >= 0.6 is 0 Å². The summed E-state index contributed by atoms with van der Waals surface area (Å²) in [7, 11) is 0. The van der Waals surface area contributed by atoms with Crippen molar-refractivity contribution < 1.29 is 0 Å². The van der Waals surface area contributed by atoms with Gasteiger partial charge in [-0.3, -0.25) is 0 Å². The summed E-state index contributed by atoms with van der Waals surface area (Å²) in [5.41, 5.74) is 4.93. The summed E-state index contributed by atoms with van der Waals surface area (Å²) in [4.78, 5) is 9.75. The van der Waals surface area contributed by atoms with E-state index in [-0.39, 0.29) is 0 Å². The largest absolute Gasteiger partial charge is 0.321 e. The van der Waals surface area contributed by atoms with Crippen LogP contribution in [0.25, 0.3) is 21.9 Å². The molecule has 1 atom stereocenters. The molecule has 0 bridgehead atoms. The van der Waals surface area contributed by atoms with E-state index in [9.17, 15) is 0 Å². The highest BCUT2D eigenvalue weighted by atomic mass is 15.1. The average Bonchev–Trinajstić information content (AvgIpc) is 3.02. The number of para-hydroxylation sites is 1. The van der Waals surface area contributed by atoms with Crippen LogP contribution in [0, 0.1) is 5.92 Å². The minimum Gasteiger partial charge on any atom is -0.321 e. The molecule has 0 N–H and O–H groups in total. The number of allylic oxidation sites excluding steroid dienone is 2. The predicted molar refractivity (Wildman–Crippen MR) is 122 cm³/mol. The van der Waals surface area contributed by atoms with Crippen molar-refractivity contribution in [3.05, 3.63) is 83.8 Å². The molecule has 4 rings (SSSR count). The molecule has 0 fully saturated rings. The fourth-order valence-electron chi connectivity index (χ4n) is 3.95. The molecular formula is C26H29N3. The van der Waals surface area contributed by atoms with E-state index in [1.807, 2.05) is 6.20 Å². The summed E-state index contributed by atoms with van der Waals surface area (Å²) in [6.45, 7) is 7.43. The highest BCUT2D eigenvalue weighted by Gasteiger charge is 2.14. The molecule has 0 radical (unpaired) electrons. The third kappa shape index (κ3) is 4.40. The minimum atomic E-state index is 0.565. The van der Waals surface area contributed by atoms with Gasteiger partial charge in [0, 0.05) is 29.9 Å². The molecule has 0 aliphatic heterocycles. The van der Waals surface area contributed by atoms with Crippen LogP contribution < -0.4 is 0 Å². The fourth-order valence-corrected chi connectivity index (χ4v) is 3.95. The average molecular weight is 384 g/mol. The van der Waals surface area contributed by atoms with E-state index in [0.717, 1.165) is 36.2 Å². The second kappa shape index (κ2) is 8.60. The zero-order valence-corrected chi connectivity index (χ0v) is 17.6. The van der Waals surface area contributed by atoms with Gasteiger partial charge in [-0.25, -0.2) is 9.97 Å². The first-order chi connectivity index (χ1) is 14.1. The van der Waals surface area contributed by atoms with Gasteiger partial charge in [0.15, 0.2) is 0 Å². The summed E-state index contributed by atoms with van der Waals surface area (Å²) >= 11 is 0. The summed E-state index contributed by atoms with van der Waals surface area (Å²) in [5, 5.41) is 2.36. The van der Waals surface area contributed by atoms with Crippen molar-refractivity contribution in [2.75, 3.05) is 0 Å². The number of hydrogen-bond donors (Lipinski definition) is 0. The molecule has 0 saturated carbocycles. The van der Waals surface area contributed by atoms with Crippen LogP contribution in [0.5, 0.6) is 0 Å². The van der Waals surface area contributed by atoms with Crippen LogP contribution in [0.15, 0.2) is 72.4 Å². The Balaban J connectivity index is 1.68. The molecule has 2 aromatic heterocycles. The molecular weight excluding hydrogens is 354 g/mol. The first-order valence-electron chi connectivity index (χ1n) is 10.5. The standard InChI is InChI=1S/C26H29N3/c1-19(2)10-9-11-20(3)16-25-27-17-23-22-14-7-8-15-24(22)29(26(23)28-25)18-21-12-5-4-6-13-21/h4-8,10,12-15,17,20H,9,11,16,18H2,1-3H3. The van der Waals surface area contributed by atoms with E-state index in [0.29, 0.717) is 5.92 Å². The Hall–Kier alpha value is -2.94. The minimum absolute atomic E-state index is 0.565. The smallest absolute Gasteiger partial charge is 0.145 e. The third-order valence-electron chi connectivity index (χ3n) is 5.49. The van der Waals surface area contributed by atoms with Gasteiger partial charge in [-0.1, -0.05) is 67.1 Å². The van der Waals surface area contributed by atoms with Crippen molar-refractivity contribution in [2.45, 2.75) is 46.6 Å². The van der Waals surface area contributed by atoms with Gasteiger partial charge in [0.2, 0.25) is 0 Å². The SMILES string of the molecule is CC(C)=CCCC(C)Cc1ncc2c3ccccc3n(Cc3ccccc3)c2n1. The van der Waals surface area contributed by atoms with Crippen LogP contribution in [0.3, 0.4) is 0 Å². The third-order valence-corrected chi connectivity index (χ3v) is 5.49. The normalized spacial score (nSPS) is 12.4. The lowest BCUT2D eigenvalue weighted by molar-refractivity contribution is 0.521. The van der Waals surface area contributed by atoms with Gasteiger partial charge in [0.1, 0.15) is 11.5 Å². The van der Waals surface area contributed by atoms with Gasteiger partial charge < -0.3 is 4.57 Å². The molecule has 2 aromatic carbocycles. The maximum Gasteiger partial charge on any atom is 0.145 e. The van der Waals surface area contributed by atoms with Gasteiger partial charge in [-0.2, -0.15) is 0 Å². The number of nitrogens with zero attached hydrogens (tertiary/aromatic N) is 3. The molecule has 3 heteroatoms. The highest BCUT2D eigenvalue weighted by Crippen LogP contribution is 2.28. The topological polar surface area (TPSA) is 30.7 Å². The molecule has 0 spiro atoms. The Morgan fingerprint density at radius 3 is 2.55 bits per heavy atom. The maximum absolute atomic E-state index is 5.03. The molecule has 1 unspecified atom stereocenters. The number of fused-ring (bicyclic) bond motifs is 3. The Bertz CT molecular complexity index is 1130. The van der Waals surface area contributed by atoms with Crippen molar-refractivity contribution in [3.8, 4) is 0 Å². The van der Waals surface area contributed by atoms with Crippen LogP contribution in [0.1, 0.15) is 45.0 Å². The van der Waals surface area contributed by atoms with Gasteiger partial charge in [0.25, 0.3) is 0 Å². The summed E-state index contributed by atoms with van der Waals surface area (Å²) in [6.07, 6.45) is 7.54. The van der Waals surface area contributed by atoms with Crippen LogP contribution in [-0.4, -0.2) is 14.5 Å². The second-order valence-electron chi connectivity index (χ2n) is 8.28. The summed E-state index contributed by atoms with van der Waals surface area (Å²) in [5.74, 6) is 1.51. The molecule has 2 heterocycles. The van der Waals surface area contributed by atoms with Gasteiger partial charge in [-0.05, 0) is 44.2 Å². The lowest BCUT2D eigenvalue weighted by Gasteiger charge is -2.10. The lowest BCUT2D eigenvalue weighted by atomic mass is 10.0. The molecule has 4 aromatic rings. The monoisotopic (exact) mass is 383 g/mol. The van der Waals surface area contributed by atoms with Crippen molar-refractivity contribution in [1.29, 1.82) is 0 Å². The van der Waals surface area contributed by atoms with E-state index in [2.05, 4.69) is 86.0 Å². The summed E-state index contributed by atoms with van der Waals surface area (Å²) < 4.78 is 2.33. The van der Waals surface area contributed by atoms with E-state index >= 15 is 0 Å². The Labute approximate surface area is 173 Å². The molecule has 0 amide bonds. The number of aromatic nitrogens is 3. The first-order valence-corrected chi connectivity index (χ1v) is 10.5. The lowest BCUT2D eigenvalue weighted by Crippen LogP contribution is -2.06. The molecule has 0 saturated heterocycles. The summed E-state index contributed by atoms with van der Waals surface area (Å²) in [6, 6.07) is 19.1. The number of rotatable bonds is 7. The van der Waals surface area contributed by atoms with Crippen molar-refractivity contribution in [1.82, 2.24) is 14.5 Å². The number of hydrogen-bond acceptors (Lipinski definition) is 2. The van der Waals surface area contributed by atoms with Gasteiger partial charge in [-0.15, -0.1) is 0 Å².